The van der Waals surface area contributed by atoms with Crippen molar-refractivity contribution >= 4 is 17.5 Å². The molecule has 158 valence electrons. The van der Waals surface area contributed by atoms with Gasteiger partial charge in [-0.3, -0.25) is 9.78 Å². The highest BCUT2D eigenvalue weighted by atomic mass is 32.2. The molecule has 0 radical (unpaired) electrons. The van der Waals surface area contributed by atoms with E-state index in [4.69, 9.17) is 0 Å². The molecule has 0 saturated carbocycles. The molecule has 4 aromatic rings. The number of hydrogen-bond acceptors (Lipinski definition) is 5. The van der Waals surface area contributed by atoms with E-state index in [0.29, 0.717) is 0 Å². The summed E-state index contributed by atoms with van der Waals surface area (Å²) >= 11 is 1.45. The van der Waals surface area contributed by atoms with Crippen molar-refractivity contribution in [2.45, 2.75) is 44.6 Å². The maximum Gasteiger partial charge on any atom is 0.192 e. The van der Waals surface area contributed by atoms with E-state index in [1.165, 1.54) is 11.8 Å². The van der Waals surface area contributed by atoms with Crippen LogP contribution in [0.2, 0.25) is 0 Å². The number of benzene rings is 1. The maximum atomic E-state index is 13.3. The van der Waals surface area contributed by atoms with Gasteiger partial charge in [0.2, 0.25) is 0 Å². The Hall–Kier alpha value is -3.19. The fourth-order valence-electron chi connectivity index (χ4n) is 3.79. The normalized spacial score (nSPS) is 12.1. The van der Waals surface area contributed by atoms with Crippen molar-refractivity contribution in [1.29, 1.82) is 0 Å². The van der Waals surface area contributed by atoms with E-state index in [0.717, 1.165) is 45.7 Å². The van der Waals surface area contributed by atoms with Crippen LogP contribution in [-0.2, 0) is 6.54 Å². The van der Waals surface area contributed by atoms with Crippen molar-refractivity contribution in [1.82, 2.24) is 24.3 Å². The number of nitrogens with zero attached hydrogens (tertiary/aromatic N) is 5. The molecule has 6 nitrogen and oxygen atoms in total. The van der Waals surface area contributed by atoms with Crippen molar-refractivity contribution in [3.8, 4) is 17.1 Å². The molecule has 4 rings (SSSR count). The Balaban J connectivity index is 1.60. The quantitative estimate of drug-likeness (QED) is 0.300. The summed E-state index contributed by atoms with van der Waals surface area (Å²) in [4.78, 5) is 17.4. The molecule has 3 heterocycles. The van der Waals surface area contributed by atoms with Gasteiger partial charge >= 0.3 is 0 Å². The third-order valence-electron chi connectivity index (χ3n) is 5.33. The standard InChI is InChI=1S/C24H25N5OS/c1-5-28-23(19-11-13-25-14-12-19)26-27-24(28)31-18(4)22(30)21-15-16(2)29(17(21)3)20-9-7-6-8-10-20/h6-15,18H,5H2,1-4H3/t18-/m0/s1. The van der Waals surface area contributed by atoms with E-state index in [1.54, 1.807) is 12.4 Å². The lowest BCUT2D eigenvalue weighted by atomic mass is 10.1. The van der Waals surface area contributed by atoms with Gasteiger partial charge in [0.25, 0.3) is 0 Å². The van der Waals surface area contributed by atoms with Gasteiger partial charge in [-0.1, -0.05) is 30.0 Å². The van der Waals surface area contributed by atoms with Gasteiger partial charge in [0.05, 0.1) is 5.25 Å². The van der Waals surface area contributed by atoms with E-state index in [2.05, 4.69) is 38.8 Å². The molecule has 0 aliphatic carbocycles. The van der Waals surface area contributed by atoms with E-state index in [9.17, 15) is 4.79 Å². The summed E-state index contributed by atoms with van der Waals surface area (Å²) in [5.74, 6) is 0.880. The molecule has 0 saturated heterocycles. The Morgan fingerprint density at radius 1 is 1.06 bits per heavy atom. The molecule has 1 aromatic carbocycles. The number of aryl methyl sites for hydroxylation is 1. The van der Waals surface area contributed by atoms with E-state index >= 15 is 0 Å². The molecule has 3 aromatic heterocycles. The van der Waals surface area contributed by atoms with Crippen LogP contribution in [0.25, 0.3) is 17.1 Å². The zero-order chi connectivity index (χ0) is 22.0. The molecule has 0 aliphatic heterocycles. The molecule has 0 bridgehead atoms. The van der Waals surface area contributed by atoms with Crippen LogP contribution in [0.5, 0.6) is 0 Å². The molecule has 7 heteroatoms. The molecule has 0 spiro atoms. The fourth-order valence-corrected chi connectivity index (χ4v) is 4.77. The topological polar surface area (TPSA) is 65.6 Å². The van der Waals surface area contributed by atoms with E-state index < -0.39 is 0 Å². The molecule has 0 N–H and O–H groups in total. The smallest absolute Gasteiger partial charge is 0.192 e. The lowest BCUT2D eigenvalue weighted by Crippen LogP contribution is -2.15. The van der Waals surface area contributed by atoms with Gasteiger partial charge in [0.15, 0.2) is 16.8 Å². The molecule has 0 unspecified atom stereocenters. The van der Waals surface area contributed by atoms with Gasteiger partial charge in [-0.25, -0.2) is 0 Å². The SMILES string of the molecule is CCn1c(S[C@@H](C)C(=O)c2cc(C)n(-c3ccccc3)c2C)nnc1-c1ccncc1. The molecular formula is C24H25N5OS. The second kappa shape index (κ2) is 8.89. The predicted octanol–water partition coefficient (Wildman–Crippen LogP) is 5.13. The molecule has 0 fully saturated rings. The highest BCUT2D eigenvalue weighted by Gasteiger charge is 2.25. The first-order valence-corrected chi connectivity index (χ1v) is 11.2. The van der Waals surface area contributed by atoms with Crippen LogP contribution in [0.1, 0.15) is 35.6 Å². The first-order chi connectivity index (χ1) is 15.0. The third kappa shape index (κ3) is 4.05. The number of Topliss-reactive ketones (excluding diaryl/α,β-unsaturated/α-hetero) is 1. The first kappa shape index (κ1) is 21.1. The van der Waals surface area contributed by atoms with Crippen LogP contribution in [0.4, 0.5) is 0 Å². The van der Waals surface area contributed by atoms with Gasteiger partial charge in [-0.2, -0.15) is 0 Å². The minimum absolute atomic E-state index is 0.0939. The third-order valence-corrected chi connectivity index (χ3v) is 6.41. The maximum absolute atomic E-state index is 13.3. The first-order valence-electron chi connectivity index (χ1n) is 10.3. The van der Waals surface area contributed by atoms with Crippen LogP contribution in [-0.4, -0.2) is 35.3 Å². The summed E-state index contributed by atoms with van der Waals surface area (Å²) in [6, 6.07) is 15.9. The Labute approximate surface area is 186 Å². The number of carbonyl (C=O) groups excluding carboxylic acids is 1. The highest BCUT2D eigenvalue weighted by molar-refractivity contribution is 8.00. The zero-order valence-corrected chi connectivity index (χ0v) is 18.9. The van der Waals surface area contributed by atoms with Crippen LogP contribution in [0, 0.1) is 13.8 Å². The Morgan fingerprint density at radius 2 is 1.77 bits per heavy atom. The van der Waals surface area contributed by atoms with Crippen LogP contribution >= 0.6 is 11.8 Å². The number of rotatable bonds is 7. The average molecular weight is 432 g/mol. The van der Waals surface area contributed by atoms with Crippen molar-refractivity contribution < 1.29 is 4.79 Å². The summed E-state index contributed by atoms with van der Waals surface area (Å²) in [6.45, 7) is 8.74. The second-order valence-electron chi connectivity index (χ2n) is 7.37. The van der Waals surface area contributed by atoms with Crippen LogP contribution in [0.3, 0.4) is 0 Å². The van der Waals surface area contributed by atoms with Gasteiger partial charge in [-0.05, 0) is 58.0 Å². The minimum Gasteiger partial charge on any atom is -0.318 e. The minimum atomic E-state index is -0.287. The highest BCUT2D eigenvalue weighted by Crippen LogP contribution is 2.30. The Kier molecular flexibility index (Phi) is 6.04. The number of para-hydroxylation sites is 1. The van der Waals surface area contributed by atoms with E-state index in [-0.39, 0.29) is 11.0 Å². The largest absolute Gasteiger partial charge is 0.318 e. The van der Waals surface area contributed by atoms with Crippen LogP contribution in [0.15, 0.2) is 66.1 Å². The van der Waals surface area contributed by atoms with E-state index in [1.807, 2.05) is 61.7 Å². The number of aromatic nitrogens is 5. The summed E-state index contributed by atoms with van der Waals surface area (Å²) in [6.07, 6.45) is 3.48. The zero-order valence-electron chi connectivity index (χ0n) is 18.1. The Bertz CT molecular complexity index is 1200. The summed E-state index contributed by atoms with van der Waals surface area (Å²) in [7, 11) is 0. The van der Waals surface area contributed by atoms with Crippen molar-refractivity contribution in [3.63, 3.8) is 0 Å². The van der Waals surface area contributed by atoms with Crippen LogP contribution < -0.4 is 0 Å². The summed E-state index contributed by atoms with van der Waals surface area (Å²) in [5.41, 5.74) is 4.76. The van der Waals surface area contributed by atoms with Crippen molar-refractivity contribution in [3.05, 3.63) is 77.9 Å². The second-order valence-corrected chi connectivity index (χ2v) is 8.67. The fraction of sp³-hybridized carbons (Fsp3) is 0.250. The van der Waals surface area contributed by atoms with Crippen molar-refractivity contribution in [2.24, 2.45) is 0 Å². The lowest BCUT2D eigenvalue weighted by molar-refractivity contribution is 0.0993. The van der Waals surface area contributed by atoms with Gasteiger partial charge in [0.1, 0.15) is 0 Å². The molecule has 31 heavy (non-hydrogen) atoms. The number of pyridine rings is 1. The monoisotopic (exact) mass is 431 g/mol. The number of thioether (sulfide) groups is 1. The van der Waals surface area contributed by atoms with Gasteiger partial charge in [-0.15, -0.1) is 10.2 Å². The summed E-state index contributed by atoms with van der Waals surface area (Å²) < 4.78 is 4.16. The predicted molar refractivity (Wildman–Crippen MR) is 124 cm³/mol. The van der Waals surface area contributed by atoms with Crippen molar-refractivity contribution in [2.75, 3.05) is 0 Å². The number of ketones is 1. The Morgan fingerprint density at radius 3 is 2.45 bits per heavy atom. The summed E-state index contributed by atoms with van der Waals surface area (Å²) in [5, 5.41) is 9.19. The number of hydrogen-bond donors (Lipinski definition) is 0. The molecular weight excluding hydrogens is 406 g/mol. The van der Waals surface area contributed by atoms with Gasteiger partial charge in [0, 0.05) is 47.1 Å². The molecule has 0 aliphatic rings. The average Bonchev–Trinajstić information content (AvgIpc) is 3.33. The number of carbonyl (C=O) groups is 1. The van der Waals surface area contributed by atoms with Gasteiger partial charge < -0.3 is 9.13 Å². The molecule has 1 atom stereocenters. The molecule has 0 amide bonds. The lowest BCUT2D eigenvalue weighted by Gasteiger charge is -2.13.